The molecule has 0 bridgehead atoms. The predicted octanol–water partition coefficient (Wildman–Crippen LogP) is 1.78. The summed E-state index contributed by atoms with van der Waals surface area (Å²) in [4.78, 5) is 3.14. The van der Waals surface area contributed by atoms with Crippen molar-refractivity contribution in [3.8, 4) is 0 Å². The standard InChI is InChI=1S/C10H20N2S/c1-9-3-2-6-12(7-4-9)8-5-10(11)13/h9H,2-8H2,1H3,(H2,11,13). The predicted molar refractivity (Wildman–Crippen MR) is 60.9 cm³/mol. The van der Waals surface area contributed by atoms with Crippen molar-refractivity contribution in [3.05, 3.63) is 0 Å². The average molecular weight is 200 g/mol. The van der Waals surface area contributed by atoms with Gasteiger partial charge in [0.15, 0.2) is 0 Å². The highest BCUT2D eigenvalue weighted by Gasteiger charge is 2.12. The van der Waals surface area contributed by atoms with Crippen molar-refractivity contribution < 1.29 is 0 Å². The number of likely N-dealkylation sites (tertiary alicyclic amines) is 1. The molecule has 0 aliphatic carbocycles. The molecule has 0 amide bonds. The maximum atomic E-state index is 5.48. The topological polar surface area (TPSA) is 29.3 Å². The maximum absolute atomic E-state index is 5.48. The van der Waals surface area contributed by atoms with Gasteiger partial charge >= 0.3 is 0 Å². The van der Waals surface area contributed by atoms with E-state index in [1.54, 1.807) is 0 Å². The Morgan fingerprint density at radius 3 is 2.92 bits per heavy atom. The molecule has 76 valence electrons. The van der Waals surface area contributed by atoms with Crippen LogP contribution in [0.1, 0.15) is 32.6 Å². The van der Waals surface area contributed by atoms with Gasteiger partial charge in [-0.3, -0.25) is 0 Å². The van der Waals surface area contributed by atoms with Gasteiger partial charge in [-0.1, -0.05) is 19.1 Å². The molecule has 2 N–H and O–H groups in total. The molecule has 1 aliphatic heterocycles. The summed E-state index contributed by atoms with van der Waals surface area (Å²) >= 11 is 4.87. The zero-order valence-corrected chi connectivity index (χ0v) is 9.28. The van der Waals surface area contributed by atoms with Gasteiger partial charge in [-0.25, -0.2) is 0 Å². The first-order valence-corrected chi connectivity index (χ1v) is 5.60. The van der Waals surface area contributed by atoms with Gasteiger partial charge in [0.2, 0.25) is 0 Å². The highest BCUT2D eigenvalue weighted by Crippen LogP contribution is 2.16. The van der Waals surface area contributed by atoms with Crippen molar-refractivity contribution in [1.29, 1.82) is 0 Å². The lowest BCUT2D eigenvalue weighted by molar-refractivity contribution is 0.290. The minimum atomic E-state index is 0.650. The van der Waals surface area contributed by atoms with E-state index in [0.29, 0.717) is 4.99 Å². The number of rotatable bonds is 3. The summed E-state index contributed by atoms with van der Waals surface area (Å²) in [7, 11) is 0. The van der Waals surface area contributed by atoms with Crippen molar-refractivity contribution in [3.63, 3.8) is 0 Å². The Labute approximate surface area is 86.5 Å². The molecule has 1 saturated heterocycles. The molecule has 2 nitrogen and oxygen atoms in total. The number of hydrogen-bond acceptors (Lipinski definition) is 2. The smallest absolute Gasteiger partial charge is 0.0740 e. The fourth-order valence-corrected chi connectivity index (χ4v) is 1.91. The van der Waals surface area contributed by atoms with Gasteiger partial charge in [-0.05, 0) is 38.3 Å². The SMILES string of the molecule is CC1CCCN(CCC(N)=S)CC1. The second-order valence-electron chi connectivity index (χ2n) is 4.09. The van der Waals surface area contributed by atoms with Crippen molar-refractivity contribution in [1.82, 2.24) is 4.90 Å². The second kappa shape index (κ2) is 5.55. The molecule has 0 saturated carbocycles. The molecule has 13 heavy (non-hydrogen) atoms. The van der Waals surface area contributed by atoms with Crippen molar-refractivity contribution in [2.75, 3.05) is 19.6 Å². The normalized spacial score (nSPS) is 25.5. The number of nitrogens with zero attached hydrogens (tertiary/aromatic N) is 1. The second-order valence-corrected chi connectivity index (χ2v) is 4.62. The number of hydrogen-bond donors (Lipinski definition) is 1. The summed E-state index contributed by atoms with van der Waals surface area (Å²) in [6.07, 6.45) is 4.92. The summed E-state index contributed by atoms with van der Waals surface area (Å²) in [5.41, 5.74) is 5.48. The number of nitrogens with two attached hydrogens (primary N) is 1. The number of thiocarbonyl (C=S) groups is 1. The zero-order valence-electron chi connectivity index (χ0n) is 8.46. The Bertz CT molecular complexity index is 170. The molecular weight excluding hydrogens is 180 g/mol. The first-order chi connectivity index (χ1) is 6.18. The summed E-state index contributed by atoms with van der Waals surface area (Å²) in [6.45, 7) is 5.86. The van der Waals surface area contributed by atoms with Crippen molar-refractivity contribution in [2.45, 2.75) is 32.6 Å². The first kappa shape index (κ1) is 10.9. The largest absolute Gasteiger partial charge is 0.393 e. The van der Waals surface area contributed by atoms with Crippen LogP contribution < -0.4 is 5.73 Å². The Morgan fingerprint density at radius 1 is 1.46 bits per heavy atom. The molecule has 1 rings (SSSR count). The summed E-state index contributed by atoms with van der Waals surface area (Å²) in [5, 5.41) is 0. The summed E-state index contributed by atoms with van der Waals surface area (Å²) < 4.78 is 0. The third-order valence-electron chi connectivity index (χ3n) is 2.78. The van der Waals surface area contributed by atoms with E-state index < -0.39 is 0 Å². The Kier molecular flexibility index (Phi) is 4.67. The minimum absolute atomic E-state index is 0.650. The highest BCUT2D eigenvalue weighted by atomic mass is 32.1. The Balaban J connectivity index is 2.22. The van der Waals surface area contributed by atoms with Gasteiger partial charge in [-0.2, -0.15) is 0 Å². The van der Waals surface area contributed by atoms with Crippen LogP contribution in [0.5, 0.6) is 0 Å². The summed E-state index contributed by atoms with van der Waals surface area (Å²) in [5.74, 6) is 0.898. The lowest BCUT2D eigenvalue weighted by Gasteiger charge is -2.19. The van der Waals surface area contributed by atoms with E-state index in [1.807, 2.05) is 0 Å². The van der Waals surface area contributed by atoms with E-state index in [-0.39, 0.29) is 0 Å². The van der Waals surface area contributed by atoms with Crippen LogP contribution >= 0.6 is 12.2 Å². The summed E-state index contributed by atoms with van der Waals surface area (Å²) in [6, 6.07) is 0. The van der Waals surface area contributed by atoms with Crippen LogP contribution in [-0.2, 0) is 0 Å². The maximum Gasteiger partial charge on any atom is 0.0740 e. The average Bonchev–Trinajstić information content (AvgIpc) is 2.27. The molecule has 0 aromatic carbocycles. The molecule has 1 heterocycles. The molecule has 0 spiro atoms. The molecule has 0 aromatic rings. The minimum Gasteiger partial charge on any atom is -0.393 e. The van der Waals surface area contributed by atoms with Crippen LogP contribution in [0, 0.1) is 5.92 Å². The van der Waals surface area contributed by atoms with Crippen LogP contribution in [0.2, 0.25) is 0 Å². The van der Waals surface area contributed by atoms with Gasteiger partial charge in [-0.15, -0.1) is 0 Å². The van der Waals surface area contributed by atoms with Gasteiger partial charge in [0.05, 0.1) is 4.99 Å². The van der Waals surface area contributed by atoms with Crippen molar-refractivity contribution >= 4 is 17.2 Å². The lowest BCUT2D eigenvalue weighted by Crippen LogP contribution is -2.28. The zero-order chi connectivity index (χ0) is 9.68. The lowest BCUT2D eigenvalue weighted by atomic mass is 10.0. The molecule has 0 radical (unpaired) electrons. The molecule has 0 aromatic heterocycles. The van der Waals surface area contributed by atoms with Gasteiger partial charge in [0.25, 0.3) is 0 Å². The molecule has 1 aliphatic rings. The third kappa shape index (κ3) is 4.58. The third-order valence-corrected chi connectivity index (χ3v) is 2.99. The van der Waals surface area contributed by atoms with Crippen LogP contribution in [0.4, 0.5) is 0 Å². The highest BCUT2D eigenvalue weighted by molar-refractivity contribution is 7.80. The van der Waals surface area contributed by atoms with E-state index in [4.69, 9.17) is 18.0 Å². The fraction of sp³-hybridized carbons (Fsp3) is 0.900. The van der Waals surface area contributed by atoms with Crippen LogP contribution in [0.3, 0.4) is 0 Å². The Morgan fingerprint density at radius 2 is 2.23 bits per heavy atom. The van der Waals surface area contributed by atoms with E-state index in [1.165, 1.54) is 32.4 Å². The van der Waals surface area contributed by atoms with E-state index in [0.717, 1.165) is 18.9 Å². The fourth-order valence-electron chi connectivity index (χ4n) is 1.81. The monoisotopic (exact) mass is 200 g/mol. The molecule has 1 unspecified atom stereocenters. The van der Waals surface area contributed by atoms with E-state index in [2.05, 4.69) is 11.8 Å². The molecule has 3 heteroatoms. The van der Waals surface area contributed by atoms with E-state index in [9.17, 15) is 0 Å². The quantitative estimate of drug-likeness (QED) is 0.704. The molecular formula is C10H20N2S. The van der Waals surface area contributed by atoms with Gasteiger partial charge in [0.1, 0.15) is 0 Å². The van der Waals surface area contributed by atoms with Crippen molar-refractivity contribution in [2.24, 2.45) is 11.7 Å². The van der Waals surface area contributed by atoms with Crippen LogP contribution in [0.25, 0.3) is 0 Å². The van der Waals surface area contributed by atoms with Gasteiger partial charge < -0.3 is 10.6 Å². The first-order valence-electron chi connectivity index (χ1n) is 5.19. The van der Waals surface area contributed by atoms with E-state index >= 15 is 0 Å². The van der Waals surface area contributed by atoms with Crippen LogP contribution in [0.15, 0.2) is 0 Å². The Hall–Kier alpha value is -0.150. The molecule has 1 fully saturated rings. The van der Waals surface area contributed by atoms with Gasteiger partial charge in [0, 0.05) is 13.0 Å². The molecule has 1 atom stereocenters. The van der Waals surface area contributed by atoms with Crippen LogP contribution in [-0.4, -0.2) is 29.5 Å².